The predicted octanol–water partition coefficient (Wildman–Crippen LogP) is 2.37. The van der Waals surface area contributed by atoms with Gasteiger partial charge in [0, 0.05) is 5.56 Å². The topological polar surface area (TPSA) is 76.2 Å². The summed E-state index contributed by atoms with van der Waals surface area (Å²) in [5.74, 6) is -3.22. The molecule has 0 fully saturated rings. The van der Waals surface area contributed by atoms with E-state index >= 15 is 0 Å². The summed E-state index contributed by atoms with van der Waals surface area (Å²) in [7, 11) is 0. The number of nitrogens with zero attached hydrogens (tertiary/aromatic N) is 1. The number of aromatic carboxylic acids is 1. The van der Waals surface area contributed by atoms with E-state index in [2.05, 4.69) is 4.37 Å². The minimum atomic E-state index is -1.20. The van der Waals surface area contributed by atoms with Crippen LogP contribution in [0.15, 0.2) is 18.2 Å². The highest BCUT2D eigenvalue weighted by Gasteiger charge is 2.18. The smallest absolute Gasteiger partial charge is 0.349 e. The summed E-state index contributed by atoms with van der Waals surface area (Å²) in [6, 6.07) is 3.14. The normalized spacial score (nSPS) is 10.5. The Kier molecular flexibility index (Phi) is 2.76. The highest BCUT2D eigenvalue weighted by molar-refractivity contribution is 7.09. The van der Waals surface area contributed by atoms with E-state index in [-0.39, 0.29) is 21.8 Å². The molecule has 2 rings (SSSR count). The molecule has 3 N–H and O–H groups in total. The fraction of sp³-hybridized carbons (Fsp3) is 0. The first-order chi connectivity index (χ1) is 8.00. The summed E-state index contributed by atoms with van der Waals surface area (Å²) in [5.41, 5.74) is 5.91. The number of nitrogens with two attached hydrogens (primary N) is 1. The van der Waals surface area contributed by atoms with Crippen LogP contribution >= 0.6 is 11.5 Å². The van der Waals surface area contributed by atoms with Crippen LogP contribution in [-0.2, 0) is 0 Å². The van der Waals surface area contributed by atoms with Crippen molar-refractivity contribution in [2.24, 2.45) is 0 Å². The number of hydrogen-bond donors (Lipinski definition) is 2. The van der Waals surface area contributed by atoms with Gasteiger partial charge in [0.25, 0.3) is 0 Å². The maximum Gasteiger partial charge on any atom is 0.349 e. The van der Waals surface area contributed by atoms with Crippen molar-refractivity contribution in [3.05, 3.63) is 34.7 Å². The lowest BCUT2D eigenvalue weighted by Gasteiger charge is -2.00. The largest absolute Gasteiger partial charge is 0.477 e. The van der Waals surface area contributed by atoms with Crippen LogP contribution in [0.3, 0.4) is 0 Å². The van der Waals surface area contributed by atoms with Crippen molar-refractivity contribution in [1.82, 2.24) is 4.37 Å². The van der Waals surface area contributed by atoms with Gasteiger partial charge in [-0.05, 0) is 29.7 Å². The number of carboxylic acid groups (broad SMARTS) is 1. The number of carboxylic acids is 1. The third-order valence-electron chi connectivity index (χ3n) is 2.12. The van der Waals surface area contributed by atoms with Gasteiger partial charge in [-0.25, -0.2) is 13.6 Å². The van der Waals surface area contributed by atoms with Crippen LogP contribution in [0.25, 0.3) is 11.3 Å². The number of benzene rings is 1. The SMILES string of the molecule is Nc1c(-c2ccc(F)c(F)c2)nsc1C(=O)O. The van der Waals surface area contributed by atoms with E-state index in [9.17, 15) is 13.6 Å². The molecule has 17 heavy (non-hydrogen) atoms. The van der Waals surface area contributed by atoms with Crippen LogP contribution in [0.5, 0.6) is 0 Å². The minimum Gasteiger partial charge on any atom is -0.477 e. The Labute approximate surface area is 98.5 Å². The van der Waals surface area contributed by atoms with Crippen LogP contribution in [0.1, 0.15) is 9.67 Å². The molecule has 0 aliphatic heterocycles. The maximum absolute atomic E-state index is 13.0. The summed E-state index contributed by atoms with van der Waals surface area (Å²) in [4.78, 5) is 10.6. The number of carbonyl (C=O) groups is 1. The van der Waals surface area contributed by atoms with E-state index in [4.69, 9.17) is 10.8 Å². The molecule has 0 saturated carbocycles. The van der Waals surface area contributed by atoms with Gasteiger partial charge in [0.05, 0.1) is 5.69 Å². The Morgan fingerprint density at radius 1 is 1.35 bits per heavy atom. The van der Waals surface area contributed by atoms with Crippen molar-refractivity contribution < 1.29 is 18.7 Å². The van der Waals surface area contributed by atoms with Crippen LogP contribution in [-0.4, -0.2) is 15.4 Å². The molecule has 0 amide bonds. The number of rotatable bonds is 2. The summed E-state index contributed by atoms with van der Waals surface area (Å²) in [6.07, 6.45) is 0. The van der Waals surface area contributed by atoms with Crippen LogP contribution in [0.2, 0.25) is 0 Å². The fourth-order valence-electron chi connectivity index (χ4n) is 1.30. The molecule has 1 heterocycles. The molecule has 0 atom stereocenters. The number of hydrogen-bond acceptors (Lipinski definition) is 4. The molecular formula is C10H6F2N2O2S. The van der Waals surface area contributed by atoms with Crippen molar-refractivity contribution in [3.8, 4) is 11.3 Å². The zero-order valence-electron chi connectivity index (χ0n) is 8.28. The van der Waals surface area contributed by atoms with E-state index in [1.54, 1.807) is 0 Å². The first kappa shape index (κ1) is 11.5. The molecule has 0 unspecified atom stereocenters. The third kappa shape index (κ3) is 1.96. The molecule has 1 aromatic carbocycles. The predicted molar refractivity (Wildman–Crippen MR) is 58.8 cm³/mol. The minimum absolute atomic E-state index is 0.0477. The van der Waals surface area contributed by atoms with E-state index in [1.165, 1.54) is 6.07 Å². The van der Waals surface area contributed by atoms with Gasteiger partial charge in [-0.1, -0.05) is 0 Å². The second-order valence-corrected chi connectivity index (χ2v) is 3.98. The van der Waals surface area contributed by atoms with Crippen molar-refractivity contribution in [1.29, 1.82) is 0 Å². The van der Waals surface area contributed by atoms with Gasteiger partial charge in [0.15, 0.2) is 16.5 Å². The lowest BCUT2D eigenvalue weighted by atomic mass is 10.1. The lowest BCUT2D eigenvalue weighted by molar-refractivity contribution is 0.0703. The highest BCUT2D eigenvalue weighted by atomic mass is 32.1. The molecule has 4 nitrogen and oxygen atoms in total. The van der Waals surface area contributed by atoms with E-state index in [1.807, 2.05) is 0 Å². The van der Waals surface area contributed by atoms with Gasteiger partial charge in [-0.2, -0.15) is 4.37 Å². The monoisotopic (exact) mass is 256 g/mol. The van der Waals surface area contributed by atoms with Crippen molar-refractivity contribution in [3.63, 3.8) is 0 Å². The molecule has 88 valence electrons. The first-order valence-corrected chi connectivity index (χ1v) is 5.22. The van der Waals surface area contributed by atoms with E-state index in [0.29, 0.717) is 11.5 Å². The Morgan fingerprint density at radius 2 is 2.06 bits per heavy atom. The zero-order chi connectivity index (χ0) is 12.6. The molecule has 7 heteroatoms. The van der Waals surface area contributed by atoms with E-state index < -0.39 is 17.6 Å². The van der Waals surface area contributed by atoms with Crippen LogP contribution in [0.4, 0.5) is 14.5 Å². The second kappa shape index (κ2) is 4.10. The number of anilines is 1. The Bertz CT molecular complexity index is 598. The summed E-state index contributed by atoms with van der Waals surface area (Å²) >= 11 is 0.698. The zero-order valence-corrected chi connectivity index (χ0v) is 9.09. The van der Waals surface area contributed by atoms with Crippen LogP contribution in [0, 0.1) is 11.6 Å². The summed E-state index contributed by atoms with van der Waals surface area (Å²) in [6.45, 7) is 0. The summed E-state index contributed by atoms with van der Waals surface area (Å²) < 4.78 is 29.6. The number of nitrogen functional groups attached to an aromatic ring is 1. The van der Waals surface area contributed by atoms with Gasteiger partial charge in [0.1, 0.15) is 5.69 Å². The second-order valence-electron chi connectivity index (χ2n) is 3.21. The van der Waals surface area contributed by atoms with Crippen molar-refractivity contribution in [2.75, 3.05) is 5.73 Å². The maximum atomic E-state index is 13.0. The molecule has 0 saturated heterocycles. The quantitative estimate of drug-likeness (QED) is 0.864. The summed E-state index contributed by atoms with van der Waals surface area (Å²) in [5, 5.41) is 8.78. The number of halogens is 2. The molecule has 0 spiro atoms. The number of aromatic nitrogens is 1. The Hall–Kier alpha value is -2.02. The third-order valence-corrected chi connectivity index (χ3v) is 2.97. The molecule has 0 aliphatic rings. The van der Waals surface area contributed by atoms with Gasteiger partial charge < -0.3 is 10.8 Å². The average molecular weight is 256 g/mol. The van der Waals surface area contributed by atoms with Crippen molar-refractivity contribution in [2.45, 2.75) is 0 Å². The molecular weight excluding hydrogens is 250 g/mol. The molecule has 0 aliphatic carbocycles. The van der Waals surface area contributed by atoms with E-state index in [0.717, 1.165) is 12.1 Å². The average Bonchev–Trinajstić information content (AvgIpc) is 2.64. The molecule has 2 aromatic rings. The fourth-order valence-corrected chi connectivity index (χ4v) is 1.96. The standard InChI is InChI=1S/C10H6F2N2O2S/c11-5-2-1-4(3-6(5)12)8-7(13)9(10(15)16)17-14-8/h1-3H,13H2,(H,15,16). The van der Waals surface area contributed by atoms with Gasteiger partial charge in [0.2, 0.25) is 0 Å². The van der Waals surface area contributed by atoms with Crippen LogP contribution < -0.4 is 5.73 Å². The lowest BCUT2D eigenvalue weighted by Crippen LogP contribution is -1.98. The molecule has 0 bridgehead atoms. The highest BCUT2D eigenvalue weighted by Crippen LogP contribution is 2.31. The Balaban J connectivity index is 2.53. The Morgan fingerprint density at radius 3 is 2.59 bits per heavy atom. The van der Waals surface area contributed by atoms with Gasteiger partial charge in [-0.3, -0.25) is 0 Å². The van der Waals surface area contributed by atoms with Gasteiger partial charge >= 0.3 is 5.97 Å². The first-order valence-electron chi connectivity index (χ1n) is 4.44. The molecule has 1 aromatic heterocycles. The van der Waals surface area contributed by atoms with Crippen molar-refractivity contribution >= 4 is 23.2 Å². The molecule has 0 radical (unpaired) electrons. The van der Waals surface area contributed by atoms with Gasteiger partial charge in [-0.15, -0.1) is 0 Å².